The fourth-order valence-corrected chi connectivity index (χ4v) is 1.68. The minimum absolute atomic E-state index is 0.169. The zero-order valence-electron chi connectivity index (χ0n) is 8.01. The highest BCUT2D eigenvalue weighted by Gasteiger charge is 2.28. The van der Waals surface area contributed by atoms with E-state index in [2.05, 4.69) is 10.3 Å². The molecule has 1 aliphatic rings. The number of hydrogen-bond donors (Lipinski definition) is 2. The summed E-state index contributed by atoms with van der Waals surface area (Å²) < 4.78 is 1.60. The maximum atomic E-state index is 11.5. The molecule has 0 radical (unpaired) electrons. The van der Waals surface area contributed by atoms with Crippen LogP contribution in [0, 0.1) is 0 Å². The van der Waals surface area contributed by atoms with Gasteiger partial charge in [0.1, 0.15) is 6.04 Å². The molecule has 15 heavy (non-hydrogen) atoms. The lowest BCUT2D eigenvalue weighted by Crippen LogP contribution is -2.41. The van der Waals surface area contributed by atoms with Gasteiger partial charge in [-0.2, -0.15) is 0 Å². The first kappa shape index (κ1) is 9.85. The van der Waals surface area contributed by atoms with E-state index in [9.17, 15) is 9.59 Å². The van der Waals surface area contributed by atoms with Gasteiger partial charge in [0.05, 0.1) is 24.8 Å². The van der Waals surface area contributed by atoms with Gasteiger partial charge in [-0.25, -0.2) is 4.98 Å². The molecule has 1 fully saturated rings. The van der Waals surface area contributed by atoms with Crippen LogP contribution in [0.1, 0.15) is 24.6 Å². The van der Waals surface area contributed by atoms with Crippen molar-refractivity contribution in [2.75, 3.05) is 0 Å². The molecule has 1 saturated heterocycles. The number of aliphatic hydroxyl groups excluding tert-OH is 1. The Morgan fingerprint density at radius 2 is 2.40 bits per heavy atom. The van der Waals surface area contributed by atoms with Gasteiger partial charge in [-0.3, -0.25) is 14.9 Å². The summed E-state index contributed by atoms with van der Waals surface area (Å²) in [4.78, 5) is 26.3. The van der Waals surface area contributed by atoms with Crippen LogP contribution in [0.25, 0.3) is 0 Å². The van der Waals surface area contributed by atoms with Crippen LogP contribution >= 0.6 is 0 Å². The number of carbonyl (C=O) groups excluding carboxylic acids is 2. The average Bonchev–Trinajstić information content (AvgIpc) is 2.65. The number of aliphatic hydroxyl groups is 1. The van der Waals surface area contributed by atoms with E-state index in [4.69, 9.17) is 5.11 Å². The van der Waals surface area contributed by atoms with Crippen molar-refractivity contribution in [3.8, 4) is 0 Å². The van der Waals surface area contributed by atoms with Crippen LogP contribution in [0.4, 0.5) is 0 Å². The molecule has 1 aromatic rings. The normalized spacial score (nSPS) is 21.5. The minimum atomic E-state index is -0.438. The lowest BCUT2D eigenvalue weighted by Gasteiger charge is -2.23. The molecule has 2 N–H and O–H groups in total. The number of aromatic nitrogens is 2. The van der Waals surface area contributed by atoms with Crippen molar-refractivity contribution in [2.24, 2.45) is 0 Å². The first-order valence-corrected chi connectivity index (χ1v) is 4.67. The third-order valence-electron chi connectivity index (χ3n) is 2.45. The topological polar surface area (TPSA) is 84.2 Å². The van der Waals surface area contributed by atoms with Crippen molar-refractivity contribution in [1.29, 1.82) is 0 Å². The summed E-state index contributed by atoms with van der Waals surface area (Å²) in [5.41, 5.74) is 0.574. The Kier molecular flexibility index (Phi) is 2.51. The second kappa shape index (κ2) is 3.82. The highest BCUT2D eigenvalue weighted by Crippen LogP contribution is 2.20. The van der Waals surface area contributed by atoms with Gasteiger partial charge < -0.3 is 9.67 Å². The van der Waals surface area contributed by atoms with Gasteiger partial charge in [0.2, 0.25) is 11.8 Å². The number of nitrogens with zero attached hydrogens (tertiary/aromatic N) is 2. The van der Waals surface area contributed by atoms with E-state index in [0.717, 1.165) is 0 Å². The smallest absolute Gasteiger partial charge is 0.249 e. The van der Waals surface area contributed by atoms with E-state index in [0.29, 0.717) is 18.5 Å². The lowest BCUT2D eigenvalue weighted by atomic mass is 10.1. The lowest BCUT2D eigenvalue weighted by molar-refractivity contribution is -0.135. The Hall–Kier alpha value is -1.69. The number of imide groups is 1. The fourth-order valence-electron chi connectivity index (χ4n) is 1.68. The molecule has 1 aliphatic heterocycles. The van der Waals surface area contributed by atoms with Gasteiger partial charge in [-0.15, -0.1) is 0 Å². The van der Waals surface area contributed by atoms with Crippen LogP contribution < -0.4 is 5.32 Å². The first-order valence-electron chi connectivity index (χ1n) is 4.67. The standard InChI is InChI=1S/C9H11N3O3/c13-4-6-3-10-5-12(6)7-1-2-8(14)11-9(7)15/h3,5,7,13H,1-2,4H2,(H,11,14,15). The van der Waals surface area contributed by atoms with Crippen molar-refractivity contribution in [2.45, 2.75) is 25.5 Å². The summed E-state index contributed by atoms with van der Waals surface area (Å²) >= 11 is 0. The second-order valence-electron chi connectivity index (χ2n) is 3.42. The SMILES string of the molecule is O=C1CCC(n2cncc2CO)C(=O)N1. The highest BCUT2D eigenvalue weighted by molar-refractivity contribution is 5.99. The molecule has 2 rings (SSSR count). The molecule has 1 atom stereocenters. The molecule has 2 heterocycles. The maximum absolute atomic E-state index is 11.5. The zero-order valence-corrected chi connectivity index (χ0v) is 8.01. The van der Waals surface area contributed by atoms with Crippen LogP contribution in [0.3, 0.4) is 0 Å². The fraction of sp³-hybridized carbons (Fsp3) is 0.444. The summed E-state index contributed by atoms with van der Waals surface area (Å²) in [6.45, 7) is -0.169. The van der Waals surface area contributed by atoms with Crippen LogP contribution in [-0.4, -0.2) is 26.5 Å². The van der Waals surface area contributed by atoms with Gasteiger partial charge in [-0.05, 0) is 6.42 Å². The summed E-state index contributed by atoms with van der Waals surface area (Å²) in [6, 6.07) is -0.438. The average molecular weight is 209 g/mol. The molecule has 80 valence electrons. The van der Waals surface area contributed by atoms with Crippen molar-refractivity contribution >= 4 is 11.8 Å². The number of carbonyl (C=O) groups is 2. The molecule has 2 amide bonds. The van der Waals surface area contributed by atoms with E-state index in [1.54, 1.807) is 4.57 Å². The van der Waals surface area contributed by atoms with Gasteiger partial charge in [0.15, 0.2) is 0 Å². The maximum Gasteiger partial charge on any atom is 0.249 e. The van der Waals surface area contributed by atoms with Crippen molar-refractivity contribution < 1.29 is 14.7 Å². The number of amides is 2. The highest BCUT2D eigenvalue weighted by atomic mass is 16.3. The zero-order chi connectivity index (χ0) is 10.8. The Morgan fingerprint density at radius 1 is 1.60 bits per heavy atom. The van der Waals surface area contributed by atoms with E-state index in [-0.39, 0.29) is 18.4 Å². The largest absolute Gasteiger partial charge is 0.390 e. The molecule has 0 aromatic carbocycles. The molecule has 0 spiro atoms. The predicted molar refractivity (Wildman–Crippen MR) is 49.6 cm³/mol. The molecule has 0 aliphatic carbocycles. The summed E-state index contributed by atoms with van der Waals surface area (Å²) in [6.07, 6.45) is 3.77. The number of hydrogen-bond acceptors (Lipinski definition) is 4. The van der Waals surface area contributed by atoms with Crippen molar-refractivity contribution in [3.05, 3.63) is 18.2 Å². The van der Waals surface area contributed by atoms with E-state index < -0.39 is 6.04 Å². The van der Waals surface area contributed by atoms with Gasteiger partial charge in [0.25, 0.3) is 0 Å². The van der Waals surface area contributed by atoms with Gasteiger partial charge in [-0.1, -0.05) is 0 Å². The summed E-state index contributed by atoms with van der Waals surface area (Å²) in [5, 5.41) is 11.3. The molecular formula is C9H11N3O3. The quantitative estimate of drug-likeness (QED) is 0.634. The number of nitrogens with one attached hydrogen (secondary N) is 1. The van der Waals surface area contributed by atoms with E-state index in [1.165, 1.54) is 12.5 Å². The Bertz CT molecular complexity index is 399. The molecule has 0 bridgehead atoms. The molecule has 6 nitrogen and oxygen atoms in total. The van der Waals surface area contributed by atoms with Crippen molar-refractivity contribution in [1.82, 2.24) is 14.9 Å². The van der Waals surface area contributed by atoms with Gasteiger partial charge >= 0.3 is 0 Å². The molecule has 1 unspecified atom stereocenters. The van der Waals surface area contributed by atoms with Crippen LogP contribution in [0.2, 0.25) is 0 Å². The van der Waals surface area contributed by atoms with Crippen LogP contribution in [-0.2, 0) is 16.2 Å². The molecule has 6 heteroatoms. The predicted octanol–water partition coefficient (Wildman–Crippen LogP) is -0.647. The third-order valence-corrected chi connectivity index (χ3v) is 2.45. The monoisotopic (exact) mass is 209 g/mol. The van der Waals surface area contributed by atoms with Crippen molar-refractivity contribution in [3.63, 3.8) is 0 Å². The van der Waals surface area contributed by atoms with Crippen LogP contribution in [0.15, 0.2) is 12.5 Å². The van der Waals surface area contributed by atoms with Crippen LogP contribution in [0.5, 0.6) is 0 Å². The Balaban J connectivity index is 2.24. The number of piperidine rings is 1. The minimum Gasteiger partial charge on any atom is -0.390 e. The Morgan fingerprint density at radius 3 is 3.07 bits per heavy atom. The Labute approximate surface area is 85.9 Å². The van der Waals surface area contributed by atoms with Gasteiger partial charge in [0, 0.05) is 6.42 Å². The molecular weight excluding hydrogens is 198 g/mol. The molecule has 0 saturated carbocycles. The number of imidazole rings is 1. The first-order chi connectivity index (χ1) is 7.22. The summed E-state index contributed by atoms with van der Waals surface area (Å²) in [5.74, 6) is -0.583. The van der Waals surface area contributed by atoms with E-state index in [1.807, 2.05) is 0 Å². The summed E-state index contributed by atoms with van der Waals surface area (Å²) in [7, 11) is 0. The second-order valence-corrected chi connectivity index (χ2v) is 3.42. The number of rotatable bonds is 2. The van der Waals surface area contributed by atoms with E-state index >= 15 is 0 Å². The third kappa shape index (κ3) is 1.75. The molecule has 1 aromatic heterocycles.